The zero-order valence-corrected chi connectivity index (χ0v) is 16.4. The molecule has 0 saturated heterocycles. The van der Waals surface area contributed by atoms with Gasteiger partial charge in [-0.3, -0.25) is 4.99 Å². The van der Waals surface area contributed by atoms with Crippen LogP contribution in [0.2, 0.25) is 0 Å². The van der Waals surface area contributed by atoms with Gasteiger partial charge in [0.1, 0.15) is 5.60 Å². The van der Waals surface area contributed by atoms with Gasteiger partial charge in [-0.1, -0.05) is 5.16 Å². The molecule has 1 amide bonds. The van der Waals surface area contributed by atoms with E-state index in [1.165, 1.54) is 0 Å². The van der Waals surface area contributed by atoms with Gasteiger partial charge in [0.25, 0.3) is 0 Å². The van der Waals surface area contributed by atoms with Gasteiger partial charge < -0.3 is 25.2 Å². The number of nitrogens with zero attached hydrogens (tertiary/aromatic N) is 3. The fourth-order valence-corrected chi connectivity index (χ4v) is 1.45. The summed E-state index contributed by atoms with van der Waals surface area (Å²) in [4.78, 5) is 19.6. The summed E-state index contributed by atoms with van der Waals surface area (Å²) in [6.45, 7) is 8.49. The monoisotopic (exact) mass is 440 g/mol. The molecule has 0 bridgehead atoms. The van der Waals surface area contributed by atoms with E-state index < -0.39 is 11.7 Å². The molecule has 0 saturated carbocycles. The molecule has 0 fully saturated rings. The quantitative estimate of drug-likeness (QED) is 0.273. The second-order valence-electron chi connectivity index (χ2n) is 5.52. The van der Waals surface area contributed by atoms with Gasteiger partial charge in [-0.25, -0.2) is 4.79 Å². The zero-order valence-electron chi connectivity index (χ0n) is 14.1. The van der Waals surface area contributed by atoms with Crippen molar-refractivity contribution >= 4 is 36.0 Å². The number of hydrogen-bond donors (Lipinski definition) is 3. The van der Waals surface area contributed by atoms with Crippen molar-refractivity contribution in [1.82, 2.24) is 26.1 Å². The smallest absolute Gasteiger partial charge is 0.407 e. The first kappa shape index (κ1) is 21.4. The molecule has 1 rings (SSSR count). The number of alkyl carbamates (subject to hydrolysis) is 1. The number of aromatic nitrogens is 2. The van der Waals surface area contributed by atoms with Gasteiger partial charge in [0.2, 0.25) is 5.89 Å². The molecule has 1 aromatic heterocycles. The second-order valence-corrected chi connectivity index (χ2v) is 5.52. The Morgan fingerprint density at radius 2 is 1.91 bits per heavy atom. The lowest BCUT2D eigenvalue weighted by molar-refractivity contribution is 0.0529. The maximum Gasteiger partial charge on any atom is 0.407 e. The molecule has 9 nitrogen and oxygen atoms in total. The predicted molar refractivity (Wildman–Crippen MR) is 96.9 cm³/mol. The van der Waals surface area contributed by atoms with Crippen LogP contribution in [0.1, 0.15) is 32.5 Å². The molecule has 0 aromatic carbocycles. The van der Waals surface area contributed by atoms with E-state index in [1.807, 2.05) is 20.8 Å². The number of guanidine groups is 1. The lowest BCUT2D eigenvalue weighted by Gasteiger charge is -2.19. The number of carbonyl (C=O) groups is 1. The highest BCUT2D eigenvalue weighted by molar-refractivity contribution is 14.0. The SMILES string of the molecule is CN=C(NCCNC(=O)OC(C)(C)C)NCc1nc(C)no1.I. The fourth-order valence-electron chi connectivity index (χ4n) is 1.45. The molecule has 132 valence electrons. The number of amides is 1. The summed E-state index contributed by atoms with van der Waals surface area (Å²) in [5, 5.41) is 12.4. The van der Waals surface area contributed by atoms with Gasteiger partial charge in [0, 0.05) is 20.1 Å². The van der Waals surface area contributed by atoms with Crippen molar-refractivity contribution in [2.45, 2.75) is 39.8 Å². The third-order valence-corrected chi connectivity index (χ3v) is 2.29. The highest BCUT2D eigenvalue weighted by Crippen LogP contribution is 2.05. The largest absolute Gasteiger partial charge is 0.444 e. The molecule has 0 atom stereocenters. The van der Waals surface area contributed by atoms with Crippen LogP contribution in [0.4, 0.5) is 4.79 Å². The highest BCUT2D eigenvalue weighted by atomic mass is 127. The molecule has 0 spiro atoms. The average Bonchev–Trinajstić information content (AvgIpc) is 2.81. The molecule has 0 unspecified atom stereocenters. The Bertz CT molecular complexity index is 512. The third-order valence-electron chi connectivity index (χ3n) is 2.29. The number of carbonyl (C=O) groups excluding carboxylic acids is 1. The molecule has 0 aliphatic rings. The van der Waals surface area contributed by atoms with Crippen molar-refractivity contribution in [1.29, 1.82) is 0 Å². The van der Waals surface area contributed by atoms with E-state index in [9.17, 15) is 4.79 Å². The number of nitrogens with one attached hydrogen (secondary N) is 3. The minimum atomic E-state index is -0.503. The number of halogens is 1. The van der Waals surface area contributed by atoms with Gasteiger partial charge in [-0.05, 0) is 27.7 Å². The van der Waals surface area contributed by atoms with Crippen LogP contribution in [0.3, 0.4) is 0 Å². The summed E-state index contributed by atoms with van der Waals surface area (Å²) < 4.78 is 10.1. The summed E-state index contributed by atoms with van der Waals surface area (Å²) in [5.41, 5.74) is -0.503. The molecule has 0 aliphatic carbocycles. The van der Waals surface area contributed by atoms with Crippen molar-refractivity contribution in [2.75, 3.05) is 20.1 Å². The Labute approximate surface area is 153 Å². The molecule has 1 heterocycles. The molecule has 23 heavy (non-hydrogen) atoms. The predicted octanol–water partition coefficient (Wildman–Crippen LogP) is 1.19. The summed E-state index contributed by atoms with van der Waals surface area (Å²) >= 11 is 0. The van der Waals surface area contributed by atoms with Crippen molar-refractivity contribution in [3.05, 3.63) is 11.7 Å². The van der Waals surface area contributed by atoms with E-state index in [2.05, 4.69) is 31.1 Å². The van der Waals surface area contributed by atoms with Crippen molar-refractivity contribution in [2.24, 2.45) is 4.99 Å². The van der Waals surface area contributed by atoms with E-state index in [0.717, 1.165) is 0 Å². The zero-order chi connectivity index (χ0) is 16.6. The van der Waals surface area contributed by atoms with Crippen LogP contribution < -0.4 is 16.0 Å². The van der Waals surface area contributed by atoms with E-state index in [1.54, 1.807) is 14.0 Å². The third kappa shape index (κ3) is 9.92. The summed E-state index contributed by atoms with van der Waals surface area (Å²) in [7, 11) is 1.65. The lowest BCUT2D eigenvalue weighted by atomic mass is 10.2. The van der Waals surface area contributed by atoms with Crippen LogP contribution in [0.15, 0.2) is 9.52 Å². The van der Waals surface area contributed by atoms with Gasteiger partial charge in [0.15, 0.2) is 11.8 Å². The van der Waals surface area contributed by atoms with Crippen LogP contribution in [-0.2, 0) is 11.3 Å². The van der Waals surface area contributed by atoms with Gasteiger partial charge >= 0.3 is 6.09 Å². The van der Waals surface area contributed by atoms with E-state index in [-0.39, 0.29) is 24.0 Å². The van der Waals surface area contributed by atoms with Crippen LogP contribution >= 0.6 is 24.0 Å². The van der Waals surface area contributed by atoms with Crippen LogP contribution in [0.25, 0.3) is 0 Å². The number of ether oxygens (including phenoxy) is 1. The van der Waals surface area contributed by atoms with Gasteiger partial charge in [-0.15, -0.1) is 24.0 Å². The first-order valence-electron chi connectivity index (χ1n) is 7.00. The first-order chi connectivity index (χ1) is 10.3. The van der Waals surface area contributed by atoms with Crippen LogP contribution in [0, 0.1) is 6.92 Å². The number of rotatable bonds is 5. The second kappa shape index (κ2) is 10.2. The molecule has 10 heteroatoms. The Hall–Kier alpha value is -1.59. The Morgan fingerprint density at radius 3 is 2.43 bits per heavy atom. The van der Waals surface area contributed by atoms with Crippen molar-refractivity contribution in [3.63, 3.8) is 0 Å². The van der Waals surface area contributed by atoms with Crippen LogP contribution in [-0.4, -0.2) is 47.9 Å². The molecule has 1 aromatic rings. The average molecular weight is 440 g/mol. The summed E-state index contributed by atoms with van der Waals surface area (Å²) in [5.74, 6) is 1.63. The van der Waals surface area contributed by atoms with Gasteiger partial charge in [0.05, 0.1) is 6.54 Å². The van der Waals surface area contributed by atoms with Crippen LogP contribution in [0.5, 0.6) is 0 Å². The van der Waals surface area contributed by atoms with E-state index in [4.69, 9.17) is 9.26 Å². The Kier molecular flexibility index (Phi) is 9.53. The lowest BCUT2D eigenvalue weighted by Crippen LogP contribution is -2.42. The molecule has 3 N–H and O–H groups in total. The summed E-state index contributed by atoms with van der Waals surface area (Å²) in [6, 6.07) is 0. The molecular formula is C13H25IN6O3. The molecule has 0 aliphatic heterocycles. The van der Waals surface area contributed by atoms with E-state index in [0.29, 0.717) is 37.3 Å². The Balaban J connectivity index is 0.00000484. The highest BCUT2D eigenvalue weighted by Gasteiger charge is 2.15. The van der Waals surface area contributed by atoms with E-state index >= 15 is 0 Å². The topological polar surface area (TPSA) is 114 Å². The Morgan fingerprint density at radius 1 is 1.26 bits per heavy atom. The van der Waals surface area contributed by atoms with Gasteiger partial charge in [-0.2, -0.15) is 4.98 Å². The normalized spacial score (nSPS) is 11.4. The minimum absolute atomic E-state index is 0. The first-order valence-corrected chi connectivity index (χ1v) is 7.00. The molecule has 0 radical (unpaired) electrons. The number of hydrogen-bond acceptors (Lipinski definition) is 6. The summed E-state index contributed by atoms with van der Waals surface area (Å²) in [6.07, 6.45) is -0.446. The number of aliphatic imine (C=N–C) groups is 1. The fraction of sp³-hybridized carbons (Fsp3) is 0.692. The maximum absolute atomic E-state index is 11.5. The van der Waals surface area contributed by atoms with Crippen molar-refractivity contribution in [3.8, 4) is 0 Å². The van der Waals surface area contributed by atoms with Crippen molar-refractivity contribution < 1.29 is 14.1 Å². The standard InChI is InChI=1S/C13H24N6O3.HI/c1-9-18-10(22-19-9)8-17-11(14-5)15-6-7-16-12(20)21-13(2,3)4;/h6-8H2,1-5H3,(H,16,20)(H2,14,15,17);1H. The minimum Gasteiger partial charge on any atom is -0.444 e. The maximum atomic E-state index is 11.5. The molecular weight excluding hydrogens is 415 g/mol. The number of aryl methyl sites for hydroxylation is 1.